The molecule has 0 aliphatic carbocycles. The molecule has 2 aromatic rings. The van der Waals surface area contributed by atoms with Gasteiger partial charge in [-0.3, -0.25) is 4.79 Å². The molecular formula is C24H32N2O4. The Bertz CT molecular complexity index is 828. The Morgan fingerprint density at radius 2 is 1.63 bits per heavy atom. The maximum Gasteiger partial charge on any atom is 0.254 e. The molecule has 6 nitrogen and oxygen atoms in total. The Balaban J connectivity index is 1.60. The van der Waals surface area contributed by atoms with Crippen LogP contribution in [-0.4, -0.2) is 57.8 Å². The summed E-state index contributed by atoms with van der Waals surface area (Å²) in [5.74, 6) is 2.73. The van der Waals surface area contributed by atoms with Gasteiger partial charge in [0.25, 0.3) is 5.91 Å². The number of hydrogen-bond donors (Lipinski definition) is 0. The molecule has 2 aromatic carbocycles. The van der Waals surface area contributed by atoms with Gasteiger partial charge in [0.15, 0.2) is 11.5 Å². The highest BCUT2D eigenvalue weighted by molar-refractivity contribution is 5.95. The monoisotopic (exact) mass is 412 g/mol. The molecule has 3 rings (SSSR count). The fraction of sp³-hybridized carbons (Fsp3) is 0.458. The minimum atomic E-state index is 0.0245. The van der Waals surface area contributed by atoms with Crippen molar-refractivity contribution in [2.75, 3.05) is 51.9 Å². The highest BCUT2D eigenvalue weighted by Gasteiger charge is 2.23. The van der Waals surface area contributed by atoms with Gasteiger partial charge in [0.1, 0.15) is 5.75 Å². The zero-order valence-corrected chi connectivity index (χ0v) is 18.4. The fourth-order valence-corrected chi connectivity index (χ4v) is 3.47. The molecule has 0 saturated carbocycles. The molecule has 0 unspecified atom stereocenters. The van der Waals surface area contributed by atoms with E-state index in [1.807, 2.05) is 29.2 Å². The first-order valence-electron chi connectivity index (χ1n) is 10.5. The van der Waals surface area contributed by atoms with Crippen molar-refractivity contribution in [3.8, 4) is 17.2 Å². The molecule has 0 N–H and O–H groups in total. The predicted octanol–water partition coefficient (Wildman–Crippen LogP) is 4.09. The first-order valence-corrected chi connectivity index (χ1v) is 10.5. The number of ether oxygens (including phenoxy) is 3. The summed E-state index contributed by atoms with van der Waals surface area (Å²) in [5, 5.41) is 0. The summed E-state index contributed by atoms with van der Waals surface area (Å²) in [4.78, 5) is 17.2. The molecule has 1 saturated heterocycles. The molecule has 0 aromatic heterocycles. The summed E-state index contributed by atoms with van der Waals surface area (Å²) < 4.78 is 16.5. The van der Waals surface area contributed by atoms with Gasteiger partial charge in [-0.2, -0.15) is 0 Å². The van der Waals surface area contributed by atoms with Crippen LogP contribution < -0.4 is 19.1 Å². The molecule has 6 heteroatoms. The van der Waals surface area contributed by atoms with Crippen LogP contribution in [0.1, 0.15) is 30.6 Å². The van der Waals surface area contributed by atoms with Crippen LogP contribution in [0.4, 0.5) is 5.69 Å². The molecule has 1 aliphatic rings. The third-order valence-electron chi connectivity index (χ3n) is 5.37. The third kappa shape index (κ3) is 5.38. The van der Waals surface area contributed by atoms with Crippen LogP contribution in [0.2, 0.25) is 0 Å². The maximum absolute atomic E-state index is 13.0. The Hall–Kier alpha value is -2.89. The molecule has 0 radical (unpaired) electrons. The first-order chi connectivity index (χ1) is 14.5. The smallest absolute Gasteiger partial charge is 0.254 e. The number of carbonyl (C=O) groups excluding carboxylic acids is 1. The number of amides is 1. The topological polar surface area (TPSA) is 51.2 Å². The zero-order valence-electron chi connectivity index (χ0n) is 18.4. The molecule has 1 aliphatic heterocycles. The molecule has 0 bridgehead atoms. The Morgan fingerprint density at radius 3 is 2.23 bits per heavy atom. The highest BCUT2D eigenvalue weighted by Crippen LogP contribution is 2.29. The van der Waals surface area contributed by atoms with Crippen LogP contribution in [0.3, 0.4) is 0 Å². The van der Waals surface area contributed by atoms with Crippen LogP contribution in [-0.2, 0) is 0 Å². The number of benzene rings is 2. The van der Waals surface area contributed by atoms with E-state index in [4.69, 9.17) is 14.2 Å². The number of methoxy groups -OCH3 is 2. The van der Waals surface area contributed by atoms with Gasteiger partial charge in [-0.05, 0) is 54.8 Å². The second-order valence-corrected chi connectivity index (χ2v) is 7.87. The van der Waals surface area contributed by atoms with Crippen molar-refractivity contribution in [3.05, 3.63) is 48.0 Å². The van der Waals surface area contributed by atoms with Crippen molar-refractivity contribution in [2.45, 2.75) is 20.3 Å². The molecule has 1 amide bonds. The SMILES string of the molecule is COc1ccc(N2CCN(C(=O)c3ccc(OCCC(C)C)c(OC)c3)CC2)cc1. The van der Waals surface area contributed by atoms with Gasteiger partial charge in [-0.1, -0.05) is 13.8 Å². The number of carbonyl (C=O) groups is 1. The van der Waals surface area contributed by atoms with E-state index in [1.165, 1.54) is 0 Å². The molecule has 30 heavy (non-hydrogen) atoms. The standard InChI is InChI=1S/C24H32N2O4/c1-18(2)11-16-30-22-10-5-19(17-23(22)29-4)24(27)26-14-12-25(13-15-26)20-6-8-21(28-3)9-7-20/h5-10,17-18H,11-16H2,1-4H3. The van der Waals surface area contributed by atoms with E-state index in [9.17, 15) is 4.79 Å². The van der Waals surface area contributed by atoms with Gasteiger partial charge in [-0.25, -0.2) is 0 Å². The van der Waals surface area contributed by atoms with Gasteiger partial charge in [-0.15, -0.1) is 0 Å². The lowest BCUT2D eigenvalue weighted by molar-refractivity contribution is 0.0746. The number of anilines is 1. The Kier molecular flexibility index (Phi) is 7.44. The lowest BCUT2D eigenvalue weighted by Gasteiger charge is -2.36. The molecule has 0 atom stereocenters. The van der Waals surface area contributed by atoms with Crippen molar-refractivity contribution in [1.29, 1.82) is 0 Å². The summed E-state index contributed by atoms with van der Waals surface area (Å²) >= 11 is 0. The first kappa shape index (κ1) is 21.8. The van der Waals surface area contributed by atoms with Crippen LogP contribution >= 0.6 is 0 Å². The van der Waals surface area contributed by atoms with Gasteiger partial charge in [0, 0.05) is 37.4 Å². The lowest BCUT2D eigenvalue weighted by atomic mass is 10.1. The largest absolute Gasteiger partial charge is 0.497 e. The maximum atomic E-state index is 13.0. The van der Waals surface area contributed by atoms with Crippen LogP contribution in [0.5, 0.6) is 17.2 Å². The van der Waals surface area contributed by atoms with Gasteiger partial charge in [0.2, 0.25) is 0 Å². The average Bonchev–Trinajstić information content (AvgIpc) is 2.78. The van der Waals surface area contributed by atoms with Gasteiger partial charge in [0.05, 0.1) is 20.8 Å². The molecule has 162 valence electrons. The van der Waals surface area contributed by atoms with Gasteiger partial charge >= 0.3 is 0 Å². The van der Waals surface area contributed by atoms with E-state index >= 15 is 0 Å². The van der Waals surface area contributed by atoms with Gasteiger partial charge < -0.3 is 24.0 Å². The summed E-state index contributed by atoms with van der Waals surface area (Å²) in [7, 11) is 3.27. The Labute approximate surface area is 179 Å². The molecule has 1 heterocycles. The van der Waals surface area contributed by atoms with E-state index in [-0.39, 0.29) is 5.91 Å². The zero-order chi connectivity index (χ0) is 21.5. The van der Waals surface area contributed by atoms with Crippen molar-refractivity contribution in [3.63, 3.8) is 0 Å². The quantitative estimate of drug-likeness (QED) is 0.654. The minimum Gasteiger partial charge on any atom is -0.497 e. The van der Waals surface area contributed by atoms with Crippen LogP contribution in [0.25, 0.3) is 0 Å². The van der Waals surface area contributed by atoms with Crippen molar-refractivity contribution < 1.29 is 19.0 Å². The molecule has 0 spiro atoms. The van der Waals surface area contributed by atoms with Crippen molar-refractivity contribution in [2.24, 2.45) is 5.92 Å². The number of piperazine rings is 1. The predicted molar refractivity (Wildman–Crippen MR) is 119 cm³/mol. The molecular weight excluding hydrogens is 380 g/mol. The summed E-state index contributed by atoms with van der Waals surface area (Å²) in [6.45, 7) is 7.92. The highest BCUT2D eigenvalue weighted by atomic mass is 16.5. The van der Waals surface area contributed by atoms with E-state index in [0.717, 1.165) is 30.9 Å². The fourth-order valence-electron chi connectivity index (χ4n) is 3.47. The normalized spacial score (nSPS) is 14.0. The average molecular weight is 413 g/mol. The number of nitrogens with zero attached hydrogens (tertiary/aromatic N) is 2. The van der Waals surface area contributed by atoms with E-state index < -0.39 is 0 Å². The molecule has 1 fully saturated rings. The number of hydrogen-bond acceptors (Lipinski definition) is 5. The third-order valence-corrected chi connectivity index (χ3v) is 5.37. The van der Waals surface area contributed by atoms with Crippen LogP contribution in [0, 0.1) is 5.92 Å². The van der Waals surface area contributed by atoms with Crippen LogP contribution in [0.15, 0.2) is 42.5 Å². The second-order valence-electron chi connectivity index (χ2n) is 7.87. The Morgan fingerprint density at radius 1 is 0.933 bits per heavy atom. The van der Waals surface area contributed by atoms with Crippen molar-refractivity contribution in [1.82, 2.24) is 4.90 Å². The minimum absolute atomic E-state index is 0.0245. The summed E-state index contributed by atoms with van der Waals surface area (Å²) in [6.07, 6.45) is 0.975. The number of rotatable bonds is 8. The summed E-state index contributed by atoms with van der Waals surface area (Å²) in [6, 6.07) is 13.5. The lowest BCUT2D eigenvalue weighted by Crippen LogP contribution is -2.48. The summed E-state index contributed by atoms with van der Waals surface area (Å²) in [5.41, 5.74) is 1.77. The van der Waals surface area contributed by atoms with E-state index in [1.54, 1.807) is 20.3 Å². The van der Waals surface area contributed by atoms with Crippen molar-refractivity contribution >= 4 is 11.6 Å². The van der Waals surface area contributed by atoms with E-state index in [0.29, 0.717) is 42.7 Å². The second kappa shape index (κ2) is 10.2. The van der Waals surface area contributed by atoms with E-state index in [2.05, 4.69) is 30.9 Å².